The molecule has 0 aliphatic rings. The number of thioether (sulfide) groups is 1. The summed E-state index contributed by atoms with van der Waals surface area (Å²) >= 11 is 1.15. The van der Waals surface area contributed by atoms with E-state index in [4.69, 9.17) is 4.74 Å². The van der Waals surface area contributed by atoms with E-state index in [0.717, 1.165) is 30.4 Å². The Morgan fingerprint density at radius 1 is 1.40 bits per heavy atom. The van der Waals surface area contributed by atoms with Crippen LogP contribution in [0.4, 0.5) is 5.69 Å². The predicted octanol–water partition coefficient (Wildman–Crippen LogP) is 2.26. The van der Waals surface area contributed by atoms with Crippen molar-refractivity contribution in [3.63, 3.8) is 0 Å². The third-order valence-electron chi connectivity index (χ3n) is 3.52. The van der Waals surface area contributed by atoms with Crippen molar-refractivity contribution in [1.82, 2.24) is 5.27 Å². The number of ether oxygens (including phenoxy) is 1. The molecule has 2 rings (SSSR count). The second-order valence-corrected chi connectivity index (χ2v) is 6.71. The van der Waals surface area contributed by atoms with Gasteiger partial charge in [-0.25, -0.2) is 0 Å². The molecule has 1 atom stereocenters. The van der Waals surface area contributed by atoms with Crippen LogP contribution in [0, 0.1) is 0 Å². The topological polar surface area (TPSA) is 91.3 Å². The molecule has 0 saturated carbocycles. The number of nitrogens with one attached hydrogen (secondary N) is 1. The van der Waals surface area contributed by atoms with Crippen molar-refractivity contribution in [2.75, 3.05) is 11.9 Å². The first kappa shape index (κ1) is 19.1. The highest BCUT2D eigenvalue weighted by atomic mass is 32.2. The van der Waals surface area contributed by atoms with E-state index in [2.05, 4.69) is 22.0 Å². The summed E-state index contributed by atoms with van der Waals surface area (Å²) in [5.41, 5.74) is 0.684. The standard InChI is InChI=1S/C17H23N3O4S/c1-4-6-11-23-13-9-7-12(8-10-13)18-15(21)14(5-2)25-16-17(22)24-19-20(16)3/h7-10,14H,4-6,11H2,1-3H3,(H-,18,19,21,22). The maximum absolute atomic E-state index is 12.5. The lowest BCUT2D eigenvalue weighted by atomic mass is 10.2. The largest absolute Gasteiger partial charge is 0.538 e. The molecule has 25 heavy (non-hydrogen) atoms. The van der Waals surface area contributed by atoms with Gasteiger partial charge in [-0.15, -0.1) is 0 Å². The van der Waals surface area contributed by atoms with Gasteiger partial charge in [-0.05, 0) is 48.9 Å². The molecule has 1 aromatic carbocycles. The molecule has 7 nitrogen and oxygen atoms in total. The molecule has 136 valence electrons. The van der Waals surface area contributed by atoms with Gasteiger partial charge in [0.15, 0.2) is 13.0 Å². The number of amides is 1. The highest BCUT2D eigenvalue weighted by Crippen LogP contribution is 2.28. The van der Waals surface area contributed by atoms with Crippen LogP contribution in [0.15, 0.2) is 33.8 Å². The lowest BCUT2D eigenvalue weighted by Crippen LogP contribution is -2.34. The molecule has 0 spiro atoms. The van der Waals surface area contributed by atoms with Crippen LogP contribution >= 0.6 is 11.8 Å². The van der Waals surface area contributed by atoms with Gasteiger partial charge in [-0.1, -0.05) is 25.0 Å². The van der Waals surface area contributed by atoms with Crippen molar-refractivity contribution in [2.45, 2.75) is 43.4 Å². The molecule has 1 N–H and O–H groups in total. The Kier molecular flexibility index (Phi) is 7.12. The molecule has 0 aliphatic carbocycles. The number of anilines is 1. The zero-order chi connectivity index (χ0) is 18.2. The van der Waals surface area contributed by atoms with Gasteiger partial charge in [0.1, 0.15) is 5.75 Å². The molecule has 1 heterocycles. The molecule has 1 unspecified atom stereocenters. The summed E-state index contributed by atoms with van der Waals surface area (Å²) in [6.45, 7) is 4.68. The monoisotopic (exact) mass is 365 g/mol. The highest BCUT2D eigenvalue weighted by molar-refractivity contribution is 8.00. The fourth-order valence-electron chi connectivity index (χ4n) is 2.08. The third kappa shape index (κ3) is 5.38. The van der Waals surface area contributed by atoms with Gasteiger partial charge in [0.05, 0.1) is 17.1 Å². The van der Waals surface area contributed by atoms with Gasteiger partial charge in [0.25, 0.3) is 5.03 Å². The smallest absolute Gasteiger partial charge is 0.291 e. The van der Waals surface area contributed by atoms with E-state index < -0.39 is 11.2 Å². The van der Waals surface area contributed by atoms with Crippen molar-refractivity contribution >= 4 is 23.4 Å². The number of unbranched alkanes of at least 4 members (excludes halogenated alkanes) is 1. The van der Waals surface area contributed by atoms with Crippen molar-refractivity contribution < 1.29 is 23.8 Å². The van der Waals surface area contributed by atoms with E-state index in [0.29, 0.717) is 23.7 Å². The Bertz CT molecular complexity index is 668. The average Bonchev–Trinajstić information content (AvgIpc) is 2.92. The molecular formula is C17H23N3O4S. The Morgan fingerprint density at radius 2 is 2.12 bits per heavy atom. The number of aromatic nitrogens is 2. The number of hydrogen-bond acceptors (Lipinski definition) is 6. The lowest BCUT2D eigenvalue weighted by Gasteiger charge is -2.13. The van der Waals surface area contributed by atoms with Crippen molar-refractivity contribution in [3.8, 4) is 11.7 Å². The van der Waals surface area contributed by atoms with E-state index >= 15 is 0 Å². The van der Waals surface area contributed by atoms with Gasteiger partial charge in [0, 0.05) is 5.69 Å². The maximum Gasteiger partial charge on any atom is 0.291 e. The maximum atomic E-state index is 12.5. The fourth-order valence-corrected chi connectivity index (χ4v) is 3.00. The predicted molar refractivity (Wildman–Crippen MR) is 92.5 cm³/mol. The number of nitrogens with zero attached hydrogens (tertiary/aromatic N) is 2. The molecule has 0 saturated heterocycles. The Hall–Kier alpha value is -2.22. The first-order valence-corrected chi connectivity index (χ1v) is 9.16. The molecule has 8 heteroatoms. The van der Waals surface area contributed by atoms with E-state index in [1.54, 1.807) is 19.2 Å². The summed E-state index contributed by atoms with van der Waals surface area (Å²) < 4.78 is 11.5. The Morgan fingerprint density at radius 3 is 2.68 bits per heavy atom. The summed E-state index contributed by atoms with van der Waals surface area (Å²) in [5, 5.41) is 17.9. The summed E-state index contributed by atoms with van der Waals surface area (Å²) in [7, 11) is 1.61. The molecule has 0 bridgehead atoms. The minimum absolute atomic E-state index is 0.173. The van der Waals surface area contributed by atoms with Gasteiger partial charge in [0.2, 0.25) is 5.91 Å². The van der Waals surface area contributed by atoms with Crippen LogP contribution in [0.3, 0.4) is 0 Å². The number of carbonyl (C=O) groups excluding carboxylic acids is 1. The van der Waals surface area contributed by atoms with Crippen LogP contribution in [0.2, 0.25) is 0 Å². The molecule has 0 fully saturated rings. The molecule has 1 aromatic heterocycles. The minimum Gasteiger partial charge on any atom is -0.538 e. The Labute approximate surface area is 151 Å². The minimum atomic E-state index is -0.535. The summed E-state index contributed by atoms with van der Waals surface area (Å²) in [6, 6.07) is 7.26. The zero-order valence-corrected chi connectivity index (χ0v) is 15.5. The first-order valence-electron chi connectivity index (χ1n) is 8.28. The SMILES string of the molecule is CCCCOc1ccc(NC(=O)C(CC)Sc2c([O-])on[n+]2C)cc1. The van der Waals surface area contributed by atoms with Gasteiger partial charge in [-0.3, -0.25) is 4.79 Å². The third-order valence-corrected chi connectivity index (χ3v) is 5.01. The summed E-state index contributed by atoms with van der Waals surface area (Å²) in [5.74, 6) is 0.0699. The highest BCUT2D eigenvalue weighted by Gasteiger charge is 2.25. The second kappa shape index (κ2) is 9.31. The van der Waals surface area contributed by atoms with Gasteiger partial charge < -0.3 is 19.7 Å². The van der Waals surface area contributed by atoms with Crippen LogP contribution in [0.25, 0.3) is 0 Å². The van der Waals surface area contributed by atoms with Gasteiger partial charge in [-0.2, -0.15) is 0 Å². The van der Waals surface area contributed by atoms with Crippen LogP contribution < -0.4 is 19.8 Å². The first-order chi connectivity index (χ1) is 12.0. The number of rotatable bonds is 9. The van der Waals surface area contributed by atoms with E-state index in [1.165, 1.54) is 4.68 Å². The van der Waals surface area contributed by atoms with Crippen molar-refractivity contribution in [3.05, 3.63) is 24.3 Å². The average molecular weight is 365 g/mol. The summed E-state index contributed by atoms with van der Waals surface area (Å²) in [6.07, 6.45) is 2.66. The number of hydrogen-bond donors (Lipinski definition) is 1. The van der Waals surface area contributed by atoms with Crippen LogP contribution in [-0.4, -0.2) is 23.0 Å². The number of aryl methyl sites for hydroxylation is 1. The number of benzene rings is 1. The molecule has 1 amide bonds. The van der Waals surface area contributed by atoms with Crippen LogP contribution in [-0.2, 0) is 11.8 Å². The zero-order valence-electron chi connectivity index (χ0n) is 14.7. The second-order valence-electron chi connectivity index (χ2n) is 5.52. The van der Waals surface area contributed by atoms with E-state index in [1.807, 2.05) is 19.1 Å². The van der Waals surface area contributed by atoms with E-state index in [-0.39, 0.29) is 5.91 Å². The van der Waals surface area contributed by atoms with Gasteiger partial charge >= 0.3 is 0 Å². The molecule has 0 radical (unpaired) electrons. The number of carbonyl (C=O) groups is 1. The normalized spacial score (nSPS) is 12.0. The van der Waals surface area contributed by atoms with Crippen LogP contribution in [0.1, 0.15) is 33.1 Å². The van der Waals surface area contributed by atoms with Crippen molar-refractivity contribution in [1.29, 1.82) is 0 Å². The van der Waals surface area contributed by atoms with Crippen LogP contribution in [0.5, 0.6) is 11.7 Å². The Balaban J connectivity index is 1.95. The van der Waals surface area contributed by atoms with Crippen molar-refractivity contribution in [2.24, 2.45) is 7.05 Å². The lowest BCUT2D eigenvalue weighted by molar-refractivity contribution is -0.772. The molecular weight excluding hydrogens is 342 g/mol. The quantitative estimate of drug-likeness (QED) is 0.416. The summed E-state index contributed by atoms with van der Waals surface area (Å²) in [4.78, 5) is 12.5. The van der Waals surface area contributed by atoms with E-state index in [9.17, 15) is 9.90 Å². The molecule has 2 aromatic rings. The molecule has 0 aliphatic heterocycles. The fraction of sp³-hybridized carbons (Fsp3) is 0.471.